The lowest BCUT2D eigenvalue weighted by atomic mass is 9.80. The lowest BCUT2D eigenvalue weighted by molar-refractivity contribution is -0.351. The van der Waals surface area contributed by atoms with E-state index in [1.54, 1.807) is 106 Å². The summed E-state index contributed by atoms with van der Waals surface area (Å²) in [6.45, 7) is 17.2. The minimum atomic E-state index is -2.26. The van der Waals surface area contributed by atoms with E-state index in [4.69, 9.17) is 18.9 Å². The Kier molecular flexibility index (Phi) is 39.7. The summed E-state index contributed by atoms with van der Waals surface area (Å²) in [6.07, 6.45) is -6.51. The molecule has 0 saturated carbocycles. The molecule has 3 rings (SSSR count). The number of aliphatic hydroxyl groups is 17. The zero-order valence-corrected chi connectivity index (χ0v) is 59.3. The molecule has 0 aromatic heterocycles. The predicted molar refractivity (Wildman–Crippen MR) is 361 cm³/mol. The van der Waals surface area contributed by atoms with E-state index in [9.17, 15) is 91.6 Å². The summed E-state index contributed by atoms with van der Waals surface area (Å²) in [7, 11) is 3.40. The summed E-state index contributed by atoms with van der Waals surface area (Å²) < 4.78 is 24.5. The minimum absolute atomic E-state index is 0.0123. The smallest absolute Gasteiger partial charge is 0.311 e. The van der Waals surface area contributed by atoms with Gasteiger partial charge in [-0.25, -0.2) is 0 Å². The van der Waals surface area contributed by atoms with E-state index >= 15 is 0 Å². The SMILES string of the molecule is CCCCCCC1C=C(C)C(O)CC(O)CCCC(O)C(C)C(O)CC=CC=C(C)C(O)C(C)C2CC(O[C@@H]3O[C@H](C)[C@@H](O)[C@H](N(C)C)[C@H]3O)C(C)C(O)(CC(=O)OC(C)C=CC(O)CC(O)CCCC(O)C(C)C(O)CCC(C)C(O)CC(O)CC(O)CCC(O)C1O)O2. The first-order valence-corrected chi connectivity index (χ1v) is 35.7. The molecule has 29 atom stereocenters. The second-order valence-electron chi connectivity index (χ2n) is 29.2. The van der Waals surface area contributed by atoms with Gasteiger partial charge in [0.25, 0.3) is 0 Å². The molecule has 3 aliphatic rings. The Hall–Kier alpha value is -2.41. The molecule has 3 heterocycles. The van der Waals surface area contributed by atoms with Crippen LogP contribution in [-0.2, 0) is 23.7 Å². The highest BCUT2D eigenvalue weighted by molar-refractivity contribution is 5.71. The van der Waals surface area contributed by atoms with E-state index in [0.29, 0.717) is 36.8 Å². The zero-order valence-electron chi connectivity index (χ0n) is 59.3. The van der Waals surface area contributed by atoms with Gasteiger partial charge in [0.05, 0.1) is 122 Å². The fourth-order valence-corrected chi connectivity index (χ4v) is 13.5. The van der Waals surface area contributed by atoms with Crippen LogP contribution >= 0.6 is 0 Å². The number of carbonyl (C=O) groups excluding carboxylic acids is 1. The van der Waals surface area contributed by atoms with Gasteiger partial charge in [0.2, 0.25) is 0 Å². The zero-order chi connectivity index (χ0) is 71.6. The molecule has 0 radical (unpaired) electrons. The molecule has 17 N–H and O–H groups in total. The van der Waals surface area contributed by atoms with Crippen molar-refractivity contribution in [3.63, 3.8) is 0 Å². The molecule has 0 aliphatic carbocycles. The van der Waals surface area contributed by atoms with Crippen molar-refractivity contribution in [2.45, 2.75) is 351 Å². The van der Waals surface area contributed by atoms with Crippen LogP contribution < -0.4 is 0 Å². The van der Waals surface area contributed by atoms with Crippen molar-refractivity contribution in [1.82, 2.24) is 4.90 Å². The van der Waals surface area contributed by atoms with Crippen molar-refractivity contribution in [1.29, 1.82) is 0 Å². The van der Waals surface area contributed by atoms with Crippen LogP contribution in [0.1, 0.15) is 210 Å². The first-order chi connectivity index (χ1) is 44.5. The number of carbonyl (C=O) groups is 1. The highest BCUT2D eigenvalue weighted by Crippen LogP contribution is 2.42. The summed E-state index contributed by atoms with van der Waals surface area (Å²) in [4.78, 5) is 15.4. The molecule has 23 nitrogen and oxygen atoms in total. The average molecular weight is 1360 g/mol. The van der Waals surface area contributed by atoms with Crippen LogP contribution in [0.25, 0.3) is 0 Å². The van der Waals surface area contributed by atoms with Crippen LogP contribution in [0, 0.1) is 35.5 Å². The number of esters is 1. The molecule has 3 aliphatic heterocycles. The number of aliphatic hydroxyl groups excluding tert-OH is 16. The van der Waals surface area contributed by atoms with Crippen molar-refractivity contribution in [3.05, 3.63) is 47.6 Å². The second kappa shape index (κ2) is 43.4. The molecular formula is C72H131NO22. The summed E-state index contributed by atoms with van der Waals surface area (Å²) in [5.41, 5.74) is 1.00. The number of fused-ring (bicyclic) bond motifs is 2. The van der Waals surface area contributed by atoms with E-state index in [2.05, 4.69) is 6.92 Å². The molecule has 556 valence electrons. The number of likely N-dealkylation sites (N-methyl/N-ethyl adjacent to an activating group) is 1. The summed E-state index contributed by atoms with van der Waals surface area (Å²) in [6, 6.07) is -0.781. The molecule has 2 fully saturated rings. The van der Waals surface area contributed by atoms with Crippen LogP contribution in [-0.4, -0.2) is 252 Å². The average Bonchev–Trinajstić information content (AvgIpc) is 0.770. The maximum Gasteiger partial charge on any atom is 0.311 e. The number of allylic oxidation sites excluding steroid dienone is 2. The number of unbranched alkanes of at least 4 members (excludes halogenated alkanes) is 3. The standard InChI is InChI=1S/C72H131NO22/c1-13-14-15-16-22-50-34-43(4)62(85)37-52(75)24-20-27-57(80)45(6)56(79)25-18-17-21-42(3)67(87)47(8)63-39-64(94-71-70(90)66(73(11)12)68(88)49(10)93-71)48(9)72(91,95-63)40-65(86)92-44(5)29-30-53(76)35-51(74)23-19-26-58(81)46(7)59(82)32-28-41(2)61(84)38-55(78)36-54(77)31-33-60(83)69(50)89/h17-18,21,29-30,34,41,44-64,66-71,74-85,87-91H,13-16,19-20,22-28,31-33,35-40H2,1-12H3/t41?,44?,45?,46?,47?,48?,49-,50?,51?,52?,53?,54?,55?,56?,57?,58?,59?,60?,61?,62?,63?,64?,66+,67?,68-,69?,70-,71+,72?/m1/s1. The summed E-state index contributed by atoms with van der Waals surface area (Å²) >= 11 is 0. The van der Waals surface area contributed by atoms with Crippen molar-refractivity contribution in [3.8, 4) is 0 Å². The predicted octanol–water partition coefficient (Wildman–Crippen LogP) is 4.26. The van der Waals surface area contributed by atoms with Crippen LogP contribution in [0.5, 0.6) is 0 Å². The minimum Gasteiger partial charge on any atom is -0.458 e. The topological polar surface area (TPSA) is 401 Å². The van der Waals surface area contributed by atoms with Gasteiger partial charge >= 0.3 is 5.97 Å². The molecule has 24 unspecified atom stereocenters. The number of ether oxygens (including phenoxy) is 4. The molecule has 2 bridgehead atoms. The Morgan fingerprint density at radius 3 is 1.80 bits per heavy atom. The second-order valence-corrected chi connectivity index (χ2v) is 29.2. The Morgan fingerprint density at radius 1 is 0.589 bits per heavy atom. The van der Waals surface area contributed by atoms with Gasteiger partial charge in [-0.2, -0.15) is 0 Å². The maximum absolute atomic E-state index is 13.7. The summed E-state index contributed by atoms with van der Waals surface area (Å²) in [5.74, 6) is -6.87. The van der Waals surface area contributed by atoms with Crippen LogP contribution in [0.15, 0.2) is 47.6 Å². The van der Waals surface area contributed by atoms with E-state index in [0.717, 1.165) is 25.7 Å². The molecule has 95 heavy (non-hydrogen) atoms. The van der Waals surface area contributed by atoms with Gasteiger partial charge in [-0.3, -0.25) is 4.79 Å². The normalized spacial score (nSPS) is 42.9. The van der Waals surface area contributed by atoms with Gasteiger partial charge in [0, 0.05) is 48.9 Å². The van der Waals surface area contributed by atoms with Gasteiger partial charge in [0.1, 0.15) is 12.2 Å². The number of cyclic esters (lactones) is 1. The molecule has 0 aromatic rings. The number of hydrogen-bond acceptors (Lipinski definition) is 23. The summed E-state index contributed by atoms with van der Waals surface area (Å²) in [5, 5.41) is 190. The quantitative estimate of drug-likeness (QED) is 0.0917. The third-order valence-corrected chi connectivity index (χ3v) is 20.7. The van der Waals surface area contributed by atoms with Crippen LogP contribution in [0.3, 0.4) is 0 Å². The highest BCUT2D eigenvalue weighted by Gasteiger charge is 2.53. The Morgan fingerprint density at radius 2 is 1.18 bits per heavy atom. The molecule has 2 saturated heterocycles. The monoisotopic (exact) mass is 1360 g/mol. The Labute approximate surface area is 567 Å². The van der Waals surface area contributed by atoms with Gasteiger partial charge in [-0.05, 0) is 155 Å². The van der Waals surface area contributed by atoms with Crippen molar-refractivity contribution in [2.75, 3.05) is 14.1 Å². The van der Waals surface area contributed by atoms with Crippen molar-refractivity contribution >= 4 is 5.97 Å². The molecule has 23 heteroatoms. The number of hydrogen-bond donors (Lipinski definition) is 17. The van der Waals surface area contributed by atoms with Crippen LogP contribution in [0.2, 0.25) is 0 Å². The molecular weight excluding hydrogens is 1230 g/mol. The lowest BCUT2D eigenvalue weighted by Gasteiger charge is -2.50. The van der Waals surface area contributed by atoms with Gasteiger partial charge in [0.15, 0.2) is 12.1 Å². The third kappa shape index (κ3) is 29.6. The van der Waals surface area contributed by atoms with Gasteiger partial charge in [-0.1, -0.05) is 97.6 Å². The number of nitrogens with zero attached hydrogens (tertiary/aromatic N) is 1. The molecule has 0 spiro atoms. The van der Waals surface area contributed by atoms with Crippen molar-refractivity contribution in [2.24, 2.45) is 35.5 Å². The maximum atomic E-state index is 13.7. The van der Waals surface area contributed by atoms with E-state index in [1.807, 2.05) is 0 Å². The Balaban J connectivity index is 1.85. The Bertz CT molecular complexity index is 2240. The first-order valence-electron chi connectivity index (χ1n) is 35.7. The van der Waals surface area contributed by atoms with Gasteiger partial charge in [-0.15, -0.1) is 0 Å². The van der Waals surface area contributed by atoms with E-state index in [1.165, 1.54) is 12.2 Å². The fourth-order valence-electron chi connectivity index (χ4n) is 13.5. The lowest BCUT2D eigenvalue weighted by Crippen LogP contribution is -2.64. The van der Waals surface area contributed by atoms with Crippen molar-refractivity contribution < 1.29 is 111 Å². The largest absolute Gasteiger partial charge is 0.458 e. The van der Waals surface area contributed by atoms with E-state index < -0.39 is 182 Å². The van der Waals surface area contributed by atoms with Crippen LogP contribution in [0.4, 0.5) is 0 Å². The third-order valence-electron chi connectivity index (χ3n) is 20.7. The first kappa shape index (κ1) is 86.8. The molecule has 0 amide bonds. The number of rotatable bonds is 8. The molecule has 0 aromatic carbocycles. The highest BCUT2D eigenvalue weighted by atomic mass is 16.7. The fraction of sp³-hybridized carbons (Fsp3) is 0.875. The van der Waals surface area contributed by atoms with E-state index in [-0.39, 0.29) is 89.4 Å². The van der Waals surface area contributed by atoms with Gasteiger partial charge < -0.3 is 111 Å².